The van der Waals surface area contributed by atoms with Gasteiger partial charge in [-0.2, -0.15) is 0 Å². The number of hydrogen-bond acceptors (Lipinski definition) is 1. The Balaban J connectivity index is -0.000000175. The first kappa shape index (κ1) is 17.5. The normalized spacial score (nSPS) is 8.33. The van der Waals surface area contributed by atoms with Gasteiger partial charge in [-0.1, -0.05) is 52.5 Å². The molecule has 0 bridgehead atoms. The molecule has 0 fully saturated rings. The van der Waals surface area contributed by atoms with Crippen molar-refractivity contribution in [3.05, 3.63) is 24.4 Å². The van der Waals surface area contributed by atoms with Gasteiger partial charge in [0.1, 0.15) is 5.16 Å². The Morgan fingerprint density at radius 2 is 1.58 bits per heavy atom. The zero-order valence-corrected chi connectivity index (χ0v) is 9.57. The van der Waals surface area contributed by atoms with E-state index in [9.17, 15) is 0 Å². The van der Waals surface area contributed by atoms with Crippen LogP contribution in [-0.2, 0) is 0 Å². The quantitative estimate of drug-likeness (QED) is 0.451. The van der Waals surface area contributed by atoms with Crippen molar-refractivity contribution in [2.45, 2.75) is 34.6 Å². The summed E-state index contributed by atoms with van der Waals surface area (Å²) in [5, 5.41) is 0.294. The van der Waals surface area contributed by atoms with Crippen molar-refractivity contribution in [1.82, 2.24) is 0 Å². The Bertz CT molecular complexity index is 137. The molecule has 0 aliphatic rings. The molecule has 0 spiro atoms. The Morgan fingerprint density at radius 1 is 1.25 bits per heavy atom. The molecule has 0 saturated carbocycles. The smallest absolute Gasteiger partial charge is 0.122 e. The van der Waals surface area contributed by atoms with Crippen LogP contribution in [0.3, 0.4) is 0 Å². The third-order valence-electron chi connectivity index (χ3n) is 0.593. The third kappa shape index (κ3) is 22.7. The van der Waals surface area contributed by atoms with Crippen molar-refractivity contribution < 1.29 is 0 Å². The van der Waals surface area contributed by atoms with E-state index < -0.39 is 0 Å². The highest BCUT2D eigenvalue weighted by molar-refractivity contribution is 6.29. The van der Waals surface area contributed by atoms with E-state index in [-0.39, 0.29) is 0 Å². The third-order valence-corrected chi connectivity index (χ3v) is 0.678. The molecular formula is C10H20ClN. The summed E-state index contributed by atoms with van der Waals surface area (Å²) in [6.45, 7) is 16.7. The molecule has 0 aliphatic heterocycles. The van der Waals surface area contributed by atoms with Crippen molar-refractivity contribution in [2.75, 3.05) is 0 Å². The van der Waals surface area contributed by atoms with E-state index in [1.807, 2.05) is 27.7 Å². The van der Waals surface area contributed by atoms with E-state index in [4.69, 9.17) is 11.6 Å². The van der Waals surface area contributed by atoms with Gasteiger partial charge in [0.25, 0.3) is 0 Å². The molecule has 1 nitrogen and oxygen atoms in total. The second-order valence-corrected chi connectivity index (χ2v) is 1.77. The van der Waals surface area contributed by atoms with Gasteiger partial charge in [-0.25, -0.2) is 4.99 Å². The van der Waals surface area contributed by atoms with E-state index in [2.05, 4.69) is 18.2 Å². The zero-order valence-electron chi connectivity index (χ0n) is 8.82. The summed E-state index contributed by atoms with van der Waals surface area (Å²) < 4.78 is 0. The highest BCUT2D eigenvalue weighted by Gasteiger charge is 1.80. The van der Waals surface area contributed by atoms with Crippen LogP contribution >= 0.6 is 11.6 Å². The van der Waals surface area contributed by atoms with Crippen LogP contribution < -0.4 is 0 Å². The fourth-order valence-corrected chi connectivity index (χ4v) is 0.370. The van der Waals surface area contributed by atoms with Gasteiger partial charge in [-0.15, -0.1) is 0 Å². The number of aliphatic imine (C=N–C) groups is 1. The van der Waals surface area contributed by atoms with Gasteiger partial charge in [0.15, 0.2) is 0 Å². The average Bonchev–Trinajstić information content (AvgIpc) is 2.10. The summed E-state index contributed by atoms with van der Waals surface area (Å²) in [6.07, 6.45) is 1.62. The van der Waals surface area contributed by atoms with Crippen LogP contribution in [0.25, 0.3) is 0 Å². The molecule has 2 heteroatoms. The number of nitrogens with zero attached hydrogens (tertiary/aromatic N) is 1. The number of allylic oxidation sites excluding steroid dienone is 1. The lowest BCUT2D eigenvalue weighted by atomic mass is 10.4. The maximum atomic E-state index is 5.32. The van der Waals surface area contributed by atoms with Crippen molar-refractivity contribution in [3.8, 4) is 0 Å². The van der Waals surface area contributed by atoms with Gasteiger partial charge >= 0.3 is 0 Å². The lowest BCUT2D eigenvalue weighted by Crippen LogP contribution is -1.80. The highest BCUT2D eigenvalue weighted by Crippen LogP contribution is 1.97. The Kier molecular flexibility index (Phi) is 24.5. The molecule has 0 N–H and O–H groups in total. The molecule has 72 valence electrons. The van der Waals surface area contributed by atoms with E-state index in [0.717, 1.165) is 5.71 Å². The lowest BCUT2D eigenvalue weighted by Gasteiger charge is -1.85. The monoisotopic (exact) mass is 189 g/mol. The summed E-state index contributed by atoms with van der Waals surface area (Å²) in [5.74, 6) is 0. The minimum Gasteiger partial charge on any atom is -0.242 e. The molecule has 0 saturated heterocycles. The second-order valence-electron chi connectivity index (χ2n) is 1.33. The van der Waals surface area contributed by atoms with Gasteiger partial charge in [-0.05, 0) is 13.0 Å². The molecule has 0 radical (unpaired) electrons. The summed E-state index contributed by atoms with van der Waals surface area (Å²) >= 11 is 5.32. The summed E-state index contributed by atoms with van der Waals surface area (Å²) in [7, 11) is 0. The number of halogens is 1. The van der Waals surface area contributed by atoms with Crippen LogP contribution in [-0.4, -0.2) is 5.71 Å². The Hall–Kier alpha value is -0.560. The van der Waals surface area contributed by atoms with E-state index in [1.165, 1.54) is 0 Å². The number of hydrogen-bond donors (Lipinski definition) is 0. The molecule has 0 aliphatic carbocycles. The minimum absolute atomic E-state index is 0.294. The molecule has 12 heavy (non-hydrogen) atoms. The topological polar surface area (TPSA) is 12.4 Å². The fourth-order valence-electron chi connectivity index (χ4n) is 0.237. The fraction of sp³-hybridized carbons (Fsp3) is 0.500. The van der Waals surface area contributed by atoms with Crippen LogP contribution in [0.4, 0.5) is 0 Å². The molecule has 0 atom stereocenters. The first-order chi connectivity index (χ1) is 5.66. The number of rotatable bonds is 2. The maximum absolute atomic E-state index is 5.32. The molecular weight excluding hydrogens is 170 g/mol. The Labute approximate surface area is 81.9 Å². The van der Waals surface area contributed by atoms with Crippen LogP contribution in [0.1, 0.15) is 34.6 Å². The van der Waals surface area contributed by atoms with E-state index in [1.54, 1.807) is 13.0 Å². The first-order valence-corrected chi connectivity index (χ1v) is 4.56. The first-order valence-electron chi connectivity index (χ1n) is 4.19. The molecule has 0 rings (SSSR count). The van der Waals surface area contributed by atoms with Gasteiger partial charge in [-0.3, -0.25) is 0 Å². The van der Waals surface area contributed by atoms with Crippen molar-refractivity contribution >= 4 is 17.3 Å². The van der Waals surface area contributed by atoms with Crippen LogP contribution in [0.2, 0.25) is 0 Å². The molecule has 0 aromatic rings. The van der Waals surface area contributed by atoms with Gasteiger partial charge in [0.2, 0.25) is 0 Å². The van der Waals surface area contributed by atoms with Crippen LogP contribution in [0.5, 0.6) is 0 Å². The summed E-state index contributed by atoms with van der Waals surface area (Å²) in [6, 6.07) is 0. The molecule has 0 amide bonds. The average molecular weight is 190 g/mol. The largest absolute Gasteiger partial charge is 0.242 e. The van der Waals surface area contributed by atoms with Crippen molar-refractivity contribution in [2.24, 2.45) is 4.99 Å². The zero-order chi connectivity index (χ0) is 10.6. The Morgan fingerprint density at radius 3 is 1.67 bits per heavy atom. The highest BCUT2D eigenvalue weighted by atomic mass is 35.5. The predicted octanol–water partition coefficient (Wildman–Crippen LogP) is 4.40. The maximum Gasteiger partial charge on any atom is 0.122 e. The van der Waals surface area contributed by atoms with Crippen LogP contribution in [0.15, 0.2) is 29.4 Å². The van der Waals surface area contributed by atoms with Crippen LogP contribution in [0, 0.1) is 0 Å². The van der Waals surface area contributed by atoms with Gasteiger partial charge < -0.3 is 0 Å². The van der Waals surface area contributed by atoms with Crippen molar-refractivity contribution in [3.63, 3.8) is 0 Å². The molecule has 0 aromatic heterocycles. The standard InChI is InChI=1S/C6H8ClN.2C2H6/c1-4-5(2)8-6(3)7;2*1-2/h4H,1,3H2,2H3;2*1-2H3/b8-5-;;. The molecule has 0 aromatic carbocycles. The SMILES string of the molecule is C=C/C(C)=N\C(=C)Cl.CC.CC. The predicted molar refractivity (Wildman–Crippen MR) is 61.0 cm³/mol. The van der Waals surface area contributed by atoms with Gasteiger partial charge in [0.05, 0.1) is 0 Å². The second kappa shape index (κ2) is 16.8. The minimum atomic E-state index is 0.294. The summed E-state index contributed by atoms with van der Waals surface area (Å²) in [4.78, 5) is 3.77. The van der Waals surface area contributed by atoms with Crippen molar-refractivity contribution in [1.29, 1.82) is 0 Å². The van der Waals surface area contributed by atoms with Gasteiger partial charge in [0, 0.05) is 5.71 Å². The lowest BCUT2D eigenvalue weighted by molar-refractivity contribution is 1.50. The molecule has 0 heterocycles. The molecule has 0 unspecified atom stereocenters. The summed E-state index contributed by atoms with van der Waals surface area (Å²) in [5.41, 5.74) is 0.782. The van der Waals surface area contributed by atoms with E-state index in [0.29, 0.717) is 5.16 Å². The van der Waals surface area contributed by atoms with E-state index >= 15 is 0 Å².